The van der Waals surface area contributed by atoms with E-state index in [-0.39, 0.29) is 11.3 Å². The standard InChI is InChI=1S/C11H17N3OS/c1-8-7-16-10(13-8)14-9(15)11(2)3-5-12-6-4-11/h7,12H,3-6H2,1-2H3,(H,13,14,15). The van der Waals surface area contributed by atoms with Gasteiger partial charge >= 0.3 is 0 Å². The Morgan fingerprint density at radius 1 is 1.56 bits per heavy atom. The predicted molar refractivity (Wildman–Crippen MR) is 65.7 cm³/mol. The van der Waals surface area contributed by atoms with Gasteiger partial charge in [-0.25, -0.2) is 4.98 Å². The fourth-order valence-corrected chi connectivity index (χ4v) is 2.55. The second-order valence-corrected chi connectivity index (χ2v) is 5.42. The average Bonchev–Trinajstić information content (AvgIpc) is 2.65. The van der Waals surface area contributed by atoms with Gasteiger partial charge in [0.05, 0.1) is 5.69 Å². The molecule has 0 atom stereocenters. The summed E-state index contributed by atoms with van der Waals surface area (Å²) in [4.78, 5) is 16.4. The number of aromatic nitrogens is 1. The van der Waals surface area contributed by atoms with Gasteiger partial charge in [-0.1, -0.05) is 6.92 Å². The summed E-state index contributed by atoms with van der Waals surface area (Å²) in [5.41, 5.74) is 0.709. The average molecular weight is 239 g/mol. The van der Waals surface area contributed by atoms with Gasteiger partial charge in [0.25, 0.3) is 0 Å². The smallest absolute Gasteiger partial charge is 0.232 e. The first-order valence-corrected chi connectivity index (χ1v) is 6.42. The van der Waals surface area contributed by atoms with Crippen LogP contribution in [0.2, 0.25) is 0 Å². The summed E-state index contributed by atoms with van der Waals surface area (Å²) < 4.78 is 0. The maximum Gasteiger partial charge on any atom is 0.232 e. The largest absolute Gasteiger partial charge is 0.317 e. The van der Waals surface area contributed by atoms with E-state index in [2.05, 4.69) is 15.6 Å². The minimum absolute atomic E-state index is 0.100. The number of carbonyl (C=O) groups excluding carboxylic acids is 1. The molecule has 1 amide bonds. The van der Waals surface area contributed by atoms with E-state index < -0.39 is 0 Å². The number of hydrogen-bond donors (Lipinski definition) is 2. The molecule has 1 aromatic rings. The third-order valence-electron chi connectivity index (χ3n) is 3.09. The SMILES string of the molecule is Cc1csc(NC(=O)C2(C)CCNCC2)n1. The molecule has 1 aliphatic heterocycles. The van der Waals surface area contributed by atoms with Gasteiger partial charge in [0, 0.05) is 10.8 Å². The summed E-state index contributed by atoms with van der Waals surface area (Å²) >= 11 is 1.48. The Morgan fingerprint density at radius 3 is 2.81 bits per heavy atom. The second-order valence-electron chi connectivity index (χ2n) is 4.56. The van der Waals surface area contributed by atoms with Gasteiger partial charge in [-0.15, -0.1) is 11.3 Å². The molecule has 5 heteroatoms. The Labute approximate surface area is 99.5 Å². The van der Waals surface area contributed by atoms with Crippen LogP contribution in [0.4, 0.5) is 5.13 Å². The molecule has 0 aliphatic carbocycles. The molecule has 4 nitrogen and oxygen atoms in total. The molecular formula is C11H17N3OS. The lowest BCUT2D eigenvalue weighted by atomic mass is 9.80. The van der Waals surface area contributed by atoms with Crippen molar-refractivity contribution in [2.24, 2.45) is 5.41 Å². The quantitative estimate of drug-likeness (QED) is 0.827. The van der Waals surface area contributed by atoms with Crippen LogP contribution in [0.1, 0.15) is 25.5 Å². The summed E-state index contributed by atoms with van der Waals surface area (Å²) in [6.45, 7) is 5.80. The van der Waals surface area contributed by atoms with E-state index in [1.165, 1.54) is 11.3 Å². The van der Waals surface area contributed by atoms with Gasteiger partial charge in [0.15, 0.2) is 5.13 Å². The third kappa shape index (κ3) is 2.41. The van der Waals surface area contributed by atoms with Gasteiger partial charge in [-0.3, -0.25) is 4.79 Å². The number of amides is 1. The number of nitrogens with one attached hydrogen (secondary N) is 2. The number of hydrogen-bond acceptors (Lipinski definition) is 4. The topological polar surface area (TPSA) is 54.0 Å². The Kier molecular flexibility index (Phi) is 3.25. The van der Waals surface area contributed by atoms with Crippen LogP contribution < -0.4 is 10.6 Å². The monoisotopic (exact) mass is 239 g/mol. The van der Waals surface area contributed by atoms with Crippen LogP contribution in [-0.4, -0.2) is 24.0 Å². The molecule has 0 bridgehead atoms. The summed E-state index contributed by atoms with van der Waals surface area (Å²) in [5.74, 6) is 0.100. The highest BCUT2D eigenvalue weighted by molar-refractivity contribution is 7.13. The third-order valence-corrected chi connectivity index (χ3v) is 3.97. The van der Waals surface area contributed by atoms with Crippen molar-refractivity contribution in [1.82, 2.24) is 10.3 Å². The van der Waals surface area contributed by atoms with Crippen LogP contribution in [0, 0.1) is 12.3 Å². The van der Waals surface area contributed by atoms with E-state index in [4.69, 9.17) is 0 Å². The van der Waals surface area contributed by atoms with E-state index in [1.807, 2.05) is 19.2 Å². The predicted octanol–water partition coefficient (Wildman–Crippen LogP) is 1.78. The zero-order valence-electron chi connectivity index (χ0n) is 9.67. The fraction of sp³-hybridized carbons (Fsp3) is 0.636. The van der Waals surface area contributed by atoms with E-state index in [0.29, 0.717) is 5.13 Å². The normalized spacial score (nSPS) is 19.4. The number of thiazole rings is 1. The molecule has 0 spiro atoms. The molecule has 0 radical (unpaired) electrons. The lowest BCUT2D eigenvalue weighted by Gasteiger charge is -2.32. The first-order chi connectivity index (χ1) is 7.60. The zero-order chi connectivity index (χ0) is 11.6. The van der Waals surface area contributed by atoms with E-state index in [1.54, 1.807) is 0 Å². The van der Waals surface area contributed by atoms with Crippen molar-refractivity contribution in [3.05, 3.63) is 11.1 Å². The number of anilines is 1. The van der Waals surface area contributed by atoms with Gasteiger partial charge in [-0.2, -0.15) is 0 Å². The second kappa shape index (κ2) is 4.51. The number of carbonyl (C=O) groups is 1. The van der Waals surface area contributed by atoms with E-state index in [0.717, 1.165) is 31.6 Å². The highest BCUT2D eigenvalue weighted by atomic mass is 32.1. The highest BCUT2D eigenvalue weighted by Gasteiger charge is 2.34. The van der Waals surface area contributed by atoms with E-state index >= 15 is 0 Å². The number of piperidine rings is 1. The number of rotatable bonds is 2. The minimum atomic E-state index is -0.245. The Bertz CT molecular complexity index is 382. The molecule has 1 aromatic heterocycles. The minimum Gasteiger partial charge on any atom is -0.317 e. The summed E-state index contributed by atoms with van der Waals surface area (Å²) in [7, 11) is 0. The molecule has 2 heterocycles. The molecule has 16 heavy (non-hydrogen) atoms. The van der Waals surface area contributed by atoms with Crippen LogP contribution in [0.3, 0.4) is 0 Å². The van der Waals surface area contributed by atoms with Crippen LogP contribution in [0.15, 0.2) is 5.38 Å². The summed E-state index contributed by atoms with van der Waals surface area (Å²) in [5, 5.41) is 8.84. The van der Waals surface area contributed by atoms with Crippen molar-refractivity contribution in [2.75, 3.05) is 18.4 Å². The summed E-state index contributed by atoms with van der Waals surface area (Å²) in [6.07, 6.45) is 1.78. The lowest BCUT2D eigenvalue weighted by molar-refractivity contribution is -0.126. The maximum atomic E-state index is 12.1. The fourth-order valence-electron chi connectivity index (χ4n) is 1.87. The van der Waals surface area contributed by atoms with Crippen LogP contribution in [0.25, 0.3) is 0 Å². The molecule has 2 N–H and O–H groups in total. The van der Waals surface area contributed by atoms with Crippen molar-refractivity contribution >= 4 is 22.4 Å². The molecular weight excluding hydrogens is 222 g/mol. The molecule has 2 rings (SSSR count). The molecule has 1 aliphatic rings. The molecule has 0 aromatic carbocycles. The summed E-state index contributed by atoms with van der Waals surface area (Å²) in [6, 6.07) is 0. The van der Waals surface area contributed by atoms with Gasteiger partial charge in [0.2, 0.25) is 5.91 Å². The zero-order valence-corrected chi connectivity index (χ0v) is 10.5. The number of nitrogens with zero attached hydrogens (tertiary/aromatic N) is 1. The Hall–Kier alpha value is -0.940. The van der Waals surface area contributed by atoms with Crippen molar-refractivity contribution < 1.29 is 4.79 Å². The van der Waals surface area contributed by atoms with Crippen molar-refractivity contribution in [2.45, 2.75) is 26.7 Å². The molecule has 0 saturated carbocycles. The van der Waals surface area contributed by atoms with Crippen molar-refractivity contribution in [1.29, 1.82) is 0 Å². The lowest BCUT2D eigenvalue weighted by Crippen LogP contribution is -2.42. The van der Waals surface area contributed by atoms with Crippen LogP contribution in [-0.2, 0) is 4.79 Å². The first kappa shape index (κ1) is 11.5. The van der Waals surface area contributed by atoms with Crippen LogP contribution >= 0.6 is 11.3 Å². The molecule has 1 saturated heterocycles. The number of aryl methyl sites for hydroxylation is 1. The first-order valence-electron chi connectivity index (χ1n) is 5.54. The molecule has 88 valence electrons. The Balaban J connectivity index is 2.01. The van der Waals surface area contributed by atoms with Gasteiger partial charge in [-0.05, 0) is 32.9 Å². The van der Waals surface area contributed by atoms with E-state index in [9.17, 15) is 4.79 Å². The molecule has 1 fully saturated rings. The van der Waals surface area contributed by atoms with Gasteiger partial charge in [0.1, 0.15) is 0 Å². The maximum absolute atomic E-state index is 12.1. The van der Waals surface area contributed by atoms with Gasteiger partial charge < -0.3 is 10.6 Å². The molecule has 0 unspecified atom stereocenters. The van der Waals surface area contributed by atoms with Crippen LogP contribution in [0.5, 0.6) is 0 Å². The highest BCUT2D eigenvalue weighted by Crippen LogP contribution is 2.30. The Morgan fingerprint density at radius 2 is 2.25 bits per heavy atom. The van der Waals surface area contributed by atoms with Crippen molar-refractivity contribution in [3.8, 4) is 0 Å². The van der Waals surface area contributed by atoms with Crippen molar-refractivity contribution in [3.63, 3.8) is 0 Å².